The number of rotatable bonds is 3. The molecule has 0 fully saturated rings. The highest BCUT2D eigenvalue weighted by Crippen LogP contribution is 2.48. The van der Waals surface area contributed by atoms with Gasteiger partial charge in [0.1, 0.15) is 0 Å². The molecule has 0 N–H and O–H groups in total. The summed E-state index contributed by atoms with van der Waals surface area (Å²) in [7, 11) is 0. The summed E-state index contributed by atoms with van der Waals surface area (Å²) in [5.74, 6) is 0. The lowest BCUT2D eigenvalue weighted by Gasteiger charge is -2.09. The third-order valence-corrected chi connectivity index (χ3v) is 6.72. The Morgan fingerprint density at radius 3 is 1.68 bits per heavy atom. The van der Waals surface area contributed by atoms with Gasteiger partial charge in [0.2, 0.25) is 0 Å². The van der Waals surface area contributed by atoms with E-state index < -0.39 is 0 Å². The van der Waals surface area contributed by atoms with Crippen molar-refractivity contribution in [1.29, 1.82) is 0 Å². The molecule has 2 nitrogen and oxygen atoms in total. The van der Waals surface area contributed by atoms with E-state index in [4.69, 9.17) is 0 Å². The molecule has 0 aliphatic heterocycles. The average Bonchev–Trinajstić information content (AvgIpc) is 3.25. The van der Waals surface area contributed by atoms with Crippen molar-refractivity contribution in [3.63, 3.8) is 0 Å². The monoisotopic (exact) mass is 432 g/mol. The van der Waals surface area contributed by atoms with Crippen LogP contribution in [0.25, 0.3) is 66.7 Å². The fraction of sp³-hybridized carbons (Fsp3) is 0. The molecule has 1 aromatic heterocycles. The van der Waals surface area contributed by atoms with E-state index in [-0.39, 0.29) is 0 Å². The second kappa shape index (κ2) is 7.50. The Labute approximate surface area is 198 Å². The van der Waals surface area contributed by atoms with Crippen LogP contribution in [0.3, 0.4) is 0 Å². The van der Waals surface area contributed by atoms with Gasteiger partial charge in [0.25, 0.3) is 0 Å². The zero-order valence-electron chi connectivity index (χ0n) is 18.4. The lowest BCUT2D eigenvalue weighted by Crippen LogP contribution is -1.89. The summed E-state index contributed by atoms with van der Waals surface area (Å²) in [6.07, 6.45) is 3.70. The molecule has 34 heavy (non-hydrogen) atoms. The minimum Gasteiger partial charge on any atom is -0.252 e. The zero-order chi connectivity index (χ0) is 22.5. The van der Waals surface area contributed by atoms with Crippen LogP contribution in [0, 0.1) is 0 Å². The molecule has 0 spiro atoms. The Morgan fingerprint density at radius 1 is 0.382 bits per heavy atom. The fourth-order valence-corrected chi connectivity index (χ4v) is 5.05. The van der Waals surface area contributed by atoms with Crippen LogP contribution in [-0.2, 0) is 0 Å². The van der Waals surface area contributed by atoms with Crippen molar-refractivity contribution in [1.82, 2.24) is 9.97 Å². The van der Waals surface area contributed by atoms with Crippen molar-refractivity contribution in [2.75, 3.05) is 0 Å². The topological polar surface area (TPSA) is 25.8 Å². The minimum atomic E-state index is 0.877. The van der Waals surface area contributed by atoms with E-state index >= 15 is 0 Å². The highest BCUT2D eigenvalue weighted by atomic mass is 14.8. The fourth-order valence-electron chi connectivity index (χ4n) is 5.05. The number of hydrogen-bond acceptors (Lipinski definition) is 2. The number of fused-ring (bicyclic) bond motifs is 3. The zero-order valence-corrected chi connectivity index (χ0v) is 18.4. The number of aromatic nitrogens is 2. The molecule has 1 heterocycles. The highest BCUT2D eigenvalue weighted by Gasteiger charge is 2.21. The van der Waals surface area contributed by atoms with Gasteiger partial charge in [0.15, 0.2) is 0 Å². The van der Waals surface area contributed by atoms with Gasteiger partial charge in [-0.3, -0.25) is 9.97 Å². The van der Waals surface area contributed by atoms with Crippen LogP contribution >= 0.6 is 0 Å². The maximum atomic E-state index is 4.67. The summed E-state index contributed by atoms with van der Waals surface area (Å²) in [5, 5.41) is 2.64. The van der Waals surface area contributed by atoms with Gasteiger partial charge in [-0.2, -0.15) is 0 Å². The van der Waals surface area contributed by atoms with Crippen molar-refractivity contribution >= 4 is 10.8 Å². The Kier molecular flexibility index (Phi) is 4.18. The maximum Gasteiger partial charge on any atom is 0.0885 e. The van der Waals surface area contributed by atoms with Gasteiger partial charge in [-0.25, -0.2) is 0 Å². The summed E-state index contributed by atoms with van der Waals surface area (Å²) < 4.78 is 0. The predicted molar refractivity (Wildman–Crippen MR) is 140 cm³/mol. The molecule has 5 aromatic carbocycles. The van der Waals surface area contributed by atoms with Gasteiger partial charge in [-0.15, -0.1) is 0 Å². The summed E-state index contributed by atoms with van der Waals surface area (Å²) in [6.45, 7) is 0. The molecule has 0 atom stereocenters. The van der Waals surface area contributed by atoms with E-state index in [1.807, 2.05) is 30.6 Å². The van der Waals surface area contributed by atoms with Crippen LogP contribution in [0.4, 0.5) is 0 Å². The Bertz CT molecular complexity index is 1670. The van der Waals surface area contributed by atoms with Gasteiger partial charge in [0, 0.05) is 11.1 Å². The van der Waals surface area contributed by atoms with Gasteiger partial charge in [-0.1, -0.05) is 97.1 Å². The first kappa shape index (κ1) is 19.0. The summed E-state index contributed by atoms with van der Waals surface area (Å²) in [6, 6.07) is 38.7. The molecule has 0 saturated carbocycles. The molecule has 0 saturated heterocycles. The summed E-state index contributed by atoms with van der Waals surface area (Å²) in [5.41, 5.74) is 11.6. The van der Waals surface area contributed by atoms with Crippen LogP contribution in [0.5, 0.6) is 0 Å². The SMILES string of the molecule is c1ccc(-c2cnc(-c3ccc(-c4cc5c6c(cccc6c4)-c4ccccc4-5)cc3)cn2)cc1. The van der Waals surface area contributed by atoms with Gasteiger partial charge in [0.05, 0.1) is 23.8 Å². The van der Waals surface area contributed by atoms with E-state index in [2.05, 4.69) is 101 Å². The quantitative estimate of drug-likeness (QED) is 0.281. The van der Waals surface area contributed by atoms with E-state index in [1.165, 1.54) is 44.2 Å². The van der Waals surface area contributed by atoms with E-state index in [0.29, 0.717) is 0 Å². The second-order valence-electron chi connectivity index (χ2n) is 8.70. The first-order valence-corrected chi connectivity index (χ1v) is 11.5. The van der Waals surface area contributed by atoms with Crippen LogP contribution < -0.4 is 0 Å². The van der Waals surface area contributed by atoms with Crippen LogP contribution in [0.15, 0.2) is 122 Å². The smallest absolute Gasteiger partial charge is 0.0885 e. The third-order valence-electron chi connectivity index (χ3n) is 6.72. The third kappa shape index (κ3) is 2.96. The second-order valence-corrected chi connectivity index (χ2v) is 8.70. The first-order chi connectivity index (χ1) is 16.8. The number of nitrogens with zero attached hydrogens (tertiary/aromatic N) is 2. The standard InChI is InChI=1S/C32H20N2/c1-2-7-22(8-3-1)30-19-34-31(20-33-30)23-15-13-21(14-16-23)25-17-24-9-6-12-28-26-10-4-5-11-27(26)29(18-25)32(24)28/h1-20H. The molecule has 1 aliphatic rings. The lowest BCUT2D eigenvalue weighted by atomic mass is 9.95. The largest absolute Gasteiger partial charge is 0.252 e. The molecular weight excluding hydrogens is 412 g/mol. The van der Waals surface area contributed by atoms with Crippen molar-refractivity contribution in [3.8, 4) is 55.9 Å². The van der Waals surface area contributed by atoms with Crippen molar-refractivity contribution in [3.05, 3.63) is 122 Å². The normalized spacial score (nSPS) is 11.5. The Hall–Kier alpha value is -4.56. The van der Waals surface area contributed by atoms with Gasteiger partial charge >= 0.3 is 0 Å². The molecule has 0 radical (unpaired) electrons. The Balaban J connectivity index is 1.25. The van der Waals surface area contributed by atoms with Crippen LogP contribution in [0.1, 0.15) is 0 Å². The predicted octanol–water partition coefficient (Wildman–Crippen LogP) is 8.28. The summed E-state index contributed by atoms with van der Waals surface area (Å²) in [4.78, 5) is 9.29. The molecule has 6 aromatic rings. The van der Waals surface area contributed by atoms with Crippen molar-refractivity contribution in [2.24, 2.45) is 0 Å². The van der Waals surface area contributed by atoms with E-state index in [1.54, 1.807) is 0 Å². The number of hydrogen-bond donors (Lipinski definition) is 0. The molecule has 158 valence electrons. The lowest BCUT2D eigenvalue weighted by molar-refractivity contribution is 1.21. The van der Waals surface area contributed by atoms with Crippen LogP contribution in [-0.4, -0.2) is 9.97 Å². The molecule has 1 aliphatic carbocycles. The van der Waals surface area contributed by atoms with Crippen LogP contribution in [0.2, 0.25) is 0 Å². The number of benzene rings is 5. The Morgan fingerprint density at radius 2 is 0.971 bits per heavy atom. The molecular formula is C32H20N2. The first-order valence-electron chi connectivity index (χ1n) is 11.5. The summed E-state index contributed by atoms with van der Waals surface area (Å²) >= 11 is 0. The molecule has 7 rings (SSSR count). The van der Waals surface area contributed by atoms with E-state index in [0.717, 1.165) is 22.5 Å². The molecule has 0 unspecified atom stereocenters. The minimum absolute atomic E-state index is 0.877. The average molecular weight is 433 g/mol. The van der Waals surface area contributed by atoms with E-state index in [9.17, 15) is 0 Å². The molecule has 0 amide bonds. The van der Waals surface area contributed by atoms with Crippen molar-refractivity contribution in [2.45, 2.75) is 0 Å². The van der Waals surface area contributed by atoms with Crippen molar-refractivity contribution < 1.29 is 0 Å². The maximum absolute atomic E-state index is 4.67. The van der Waals surface area contributed by atoms with Gasteiger partial charge < -0.3 is 0 Å². The van der Waals surface area contributed by atoms with Gasteiger partial charge in [-0.05, 0) is 56.3 Å². The molecule has 0 bridgehead atoms. The highest BCUT2D eigenvalue weighted by molar-refractivity contribution is 6.16. The molecule has 2 heteroatoms.